The second-order valence-corrected chi connectivity index (χ2v) is 4.42. The Bertz CT molecular complexity index is 760. The third kappa shape index (κ3) is 2.20. The van der Waals surface area contributed by atoms with E-state index in [9.17, 15) is 4.79 Å². The number of carbonyl (C=O) groups is 1. The van der Waals surface area contributed by atoms with Crippen LogP contribution in [0.2, 0.25) is 0 Å². The van der Waals surface area contributed by atoms with Gasteiger partial charge in [-0.25, -0.2) is 0 Å². The maximum Gasteiger partial charge on any atom is 0.153 e. The van der Waals surface area contributed by atoms with Gasteiger partial charge in [0, 0.05) is 0 Å². The lowest BCUT2D eigenvalue weighted by atomic mass is 10.2. The van der Waals surface area contributed by atoms with E-state index in [1.807, 2.05) is 0 Å². The normalized spacial score (nSPS) is 10.5. The molecule has 0 aromatic heterocycles. The molecule has 2 aromatic rings. The van der Waals surface area contributed by atoms with Gasteiger partial charge in [-0.3, -0.25) is 4.79 Å². The number of benzene rings is 3. The van der Waals surface area contributed by atoms with Gasteiger partial charge in [-0.2, -0.15) is 0 Å². The Hall–Kier alpha value is -2.61. The minimum atomic E-state index is 0.0347. The van der Waals surface area contributed by atoms with E-state index in [4.69, 9.17) is 5.11 Å². The third-order valence-corrected chi connectivity index (χ3v) is 3.15. The number of rotatable bonds is 1. The Morgan fingerprint density at radius 1 is 0.895 bits per heavy atom. The van der Waals surface area contributed by atoms with Crippen molar-refractivity contribution in [2.45, 2.75) is 0 Å². The topological polar surface area (TPSA) is 37.3 Å². The maximum atomic E-state index is 10.1. The van der Waals surface area contributed by atoms with Gasteiger partial charge in [0.05, 0.1) is 5.56 Å². The van der Waals surface area contributed by atoms with Gasteiger partial charge < -0.3 is 5.11 Å². The minimum Gasteiger partial charge on any atom is -0.507 e. The molecular formula is C17H12O2. The van der Waals surface area contributed by atoms with Crippen LogP contribution in [0.25, 0.3) is 21.9 Å². The third-order valence-electron chi connectivity index (χ3n) is 3.15. The van der Waals surface area contributed by atoms with Gasteiger partial charge in [-0.15, -0.1) is 0 Å². The van der Waals surface area contributed by atoms with Gasteiger partial charge in [0.1, 0.15) is 5.75 Å². The molecular weight excluding hydrogens is 236 g/mol. The van der Waals surface area contributed by atoms with Crippen molar-refractivity contribution < 1.29 is 9.90 Å². The van der Waals surface area contributed by atoms with Crippen LogP contribution < -0.4 is 0 Å². The van der Waals surface area contributed by atoms with Crippen molar-refractivity contribution >= 4 is 17.1 Å². The fourth-order valence-corrected chi connectivity index (χ4v) is 2.09. The molecule has 0 saturated carbocycles. The Morgan fingerprint density at radius 2 is 1.63 bits per heavy atom. The highest BCUT2D eigenvalue weighted by molar-refractivity contribution is 6.09. The second-order valence-electron chi connectivity index (χ2n) is 4.42. The summed E-state index contributed by atoms with van der Waals surface area (Å²) in [6.07, 6.45) is 0.620. The first-order valence-corrected chi connectivity index (χ1v) is 6.06. The van der Waals surface area contributed by atoms with Crippen molar-refractivity contribution in [3.63, 3.8) is 0 Å². The smallest absolute Gasteiger partial charge is 0.153 e. The molecule has 0 aliphatic heterocycles. The first-order chi connectivity index (χ1) is 9.29. The molecule has 19 heavy (non-hydrogen) atoms. The molecule has 2 heteroatoms. The van der Waals surface area contributed by atoms with Crippen molar-refractivity contribution in [3.8, 4) is 16.9 Å². The molecule has 2 aliphatic rings. The summed E-state index contributed by atoms with van der Waals surface area (Å²) in [6.45, 7) is 0. The zero-order valence-electron chi connectivity index (χ0n) is 10.2. The lowest BCUT2D eigenvalue weighted by Gasteiger charge is -1.91. The van der Waals surface area contributed by atoms with E-state index in [1.165, 1.54) is 28.0 Å². The molecule has 1 N–H and O–H groups in total. The fourth-order valence-electron chi connectivity index (χ4n) is 2.09. The summed E-state index contributed by atoms with van der Waals surface area (Å²) in [7, 11) is 0. The highest BCUT2D eigenvalue weighted by Crippen LogP contribution is 2.42. The highest BCUT2D eigenvalue weighted by atomic mass is 16.3. The predicted molar refractivity (Wildman–Crippen MR) is 76.4 cm³/mol. The molecule has 0 unspecified atom stereocenters. The van der Waals surface area contributed by atoms with Crippen LogP contribution in [0.5, 0.6) is 5.75 Å². The average molecular weight is 248 g/mol. The summed E-state index contributed by atoms with van der Waals surface area (Å²) in [5.41, 5.74) is 3.22. The van der Waals surface area contributed by atoms with Gasteiger partial charge in [0.2, 0.25) is 0 Å². The molecule has 0 radical (unpaired) electrons. The SMILES string of the molecule is O=Cc1ccccc1O.c1ccc2c3cc-3cc2c1. The Morgan fingerprint density at radius 3 is 2.32 bits per heavy atom. The van der Waals surface area contributed by atoms with Crippen LogP contribution in [0, 0.1) is 0 Å². The molecule has 0 bridgehead atoms. The molecule has 0 atom stereocenters. The first-order valence-electron chi connectivity index (χ1n) is 6.06. The van der Waals surface area contributed by atoms with Crippen molar-refractivity contribution in [2.24, 2.45) is 0 Å². The van der Waals surface area contributed by atoms with Gasteiger partial charge in [0.25, 0.3) is 0 Å². The van der Waals surface area contributed by atoms with Gasteiger partial charge in [-0.05, 0) is 46.2 Å². The lowest BCUT2D eigenvalue weighted by Crippen LogP contribution is -1.77. The number of para-hydroxylation sites is 1. The molecule has 0 fully saturated rings. The summed E-state index contributed by atoms with van der Waals surface area (Å²) in [5.74, 6) is 0.0347. The second kappa shape index (κ2) is 4.58. The van der Waals surface area contributed by atoms with E-state index in [1.54, 1.807) is 18.2 Å². The Labute approximate surface area is 110 Å². The average Bonchev–Trinajstić information content (AvgIpc) is 3.12. The number of aldehydes is 1. The quantitative estimate of drug-likeness (QED) is 0.516. The van der Waals surface area contributed by atoms with Crippen molar-refractivity contribution in [2.75, 3.05) is 0 Å². The zero-order chi connectivity index (χ0) is 13.2. The largest absolute Gasteiger partial charge is 0.507 e. The van der Waals surface area contributed by atoms with Crippen LogP contribution >= 0.6 is 0 Å². The Kier molecular flexibility index (Phi) is 2.76. The van der Waals surface area contributed by atoms with Crippen molar-refractivity contribution in [1.82, 2.24) is 0 Å². The predicted octanol–water partition coefficient (Wildman–Crippen LogP) is 4.02. The highest BCUT2D eigenvalue weighted by Gasteiger charge is 2.15. The molecule has 2 nitrogen and oxygen atoms in total. The van der Waals surface area contributed by atoms with E-state index in [-0.39, 0.29) is 5.75 Å². The van der Waals surface area contributed by atoms with Gasteiger partial charge in [-0.1, -0.05) is 36.4 Å². The van der Waals surface area contributed by atoms with E-state index in [2.05, 4.69) is 36.4 Å². The molecule has 92 valence electrons. The summed E-state index contributed by atoms with van der Waals surface area (Å²) in [4.78, 5) is 10.1. The monoisotopic (exact) mass is 248 g/mol. The lowest BCUT2D eigenvalue weighted by molar-refractivity contribution is 0.112. The molecule has 0 amide bonds. The van der Waals surface area contributed by atoms with Crippen molar-refractivity contribution in [3.05, 3.63) is 66.2 Å². The van der Waals surface area contributed by atoms with Crippen LogP contribution in [0.3, 0.4) is 0 Å². The minimum absolute atomic E-state index is 0.0347. The number of fused-ring (bicyclic) bond motifs is 3. The molecule has 2 aliphatic carbocycles. The van der Waals surface area contributed by atoms with E-state index >= 15 is 0 Å². The van der Waals surface area contributed by atoms with Crippen LogP contribution in [-0.2, 0) is 0 Å². The maximum absolute atomic E-state index is 10.1. The summed E-state index contributed by atoms with van der Waals surface area (Å²) in [6, 6.07) is 19.4. The fraction of sp³-hybridized carbons (Fsp3) is 0. The number of phenols is 1. The van der Waals surface area contributed by atoms with Crippen LogP contribution in [0.4, 0.5) is 0 Å². The van der Waals surface area contributed by atoms with Crippen LogP contribution in [0.1, 0.15) is 10.4 Å². The first kappa shape index (κ1) is 11.5. The Balaban J connectivity index is 0.000000117. The van der Waals surface area contributed by atoms with Crippen molar-refractivity contribution in [1.29, 1.82) is 0 Å². The molecule has 0 spiro atoms. The van der Waals surface area contributed by atoms with E-state index < -0.39 is 0 Å². The zero-order valence-corrected chi connectivity index (χ0v) is 10.2. The number of aromatic hydroxyl groups is 1. The molecule has 4 rings (SSSR count). The summed E-state index contributed by atoms with van der Waals surface area (Å²) < 4.78 is 0. The number of hydrogen-bond acceptors (Lipinski definition) is 2. The van der Waals surface area contributed by atoms with Gasteiger partial charge in [0.15, 0.2) is 6.29 Å². The number of hydrogen-bond donors (Lipinski definition) is 1. The van der Waals surface area contributed by atoms with Crippen LogP contribution in [0.15, 0.2) is 60.7 Å². The number of phenolic OH excluding ortho intramolecular Hbond substituents is 1. The summed E-state index contributed by atoms with van der Waals surface area (Å²) in [5, 5.41) is 11.7. The summed E-state index contributed by atoms with van der Waals surface area (Å²) >= 11 is 0. The molecule has 2 aromatic carbocycles. The number of carbonyl (C=O) groups excluding carboxylic acids is 1. The molecule has 0 saturated heterocycles. The standard InChI is InChI=1S/C10H6.C7H6O2/c1-2-4-9-7(3-1)5-8-6-10(8)9;8-5-6-3-1-2-4-7(6)9/h1-6H;1-5,9H. The molecule has 0 heterocycles. The van der Waals surface area contributed by atoms with E-state index in [0.29, 0.717) is 11.8 Å². The van der Waals surface area contributed by atoms with E-state index in [0.717, 1.165) is 0 Å². The van der Waals surface area contributed by atoms with Gasteiger partial charge >= 0.3 is 0 Å². The van der Waals surface area contributed by atoms with Crippen LogP contribution in [-0.4, -0.2) is 11.4 Å².